The molecular weight excluding hydrogens is 406 g/mol. The Morgan fingerprint density at radius 3 is 2.42 bits per heavy atom. The number of piperazine rings is 1. The third-order valence-electron chi connectivity index (χ3n) is 4.20. The normalized spacial score (nSPS) is 14.3. The summed E-state index contributed by atoms with van der Waals surface area (Å²) < 4.78 is 11.0. The lowest BCUT2D eigenvalue weighted by Gasteiger charge is -2.37. The summed E-state index contributed by atoms with van der Waals surface area (Å²) in [6, 6.07) is 3.18. The molecule has 0 spiro atoms. The highest BCUT2D eigenvalue weighted by atomic mass is 79.9. The number of benzene rings is 1. The van der Waals surface area contributed by atoms with Gasteiger partial charge in [-0.25, -0.2) is 0 Å². The van der Waals surface area contributed by atoms with Crippen LogP contribution in [0, 0.1) is 10.1 Å². The maximum atomic E-state index is 11.1. The van der Waals surface area contributed by atoms with Gasteiger partial charge in [0, 0.05) is 42.8 Å². The molecule has 0 radical (unpaired) electrons. The van der Waals surface area contributed by atoms with Crippen LogP contribution in [-0.2, 0) is 0 Å². The fraction of sp³-hybridized carbons (Fsp3) is 0.375. The summed E-state index contributed by atoms with van der Waals surface area (Å²) in [6.45, 7) is 2.96. The lowest BCUT2D eigenvalue weighted by molar-refractivity contribution is -0.385. The lowest BCUT2D eigenvalue weighted by Crippen LogP contribution is -2.47. The predicted molar refractivity (Wildman–Crippen MR) is 100 cm³/mol. The van der Waals surface area contributed by atoms with Gasteiger partial charge in [0.05, 0.1) is 37.2 Å². The van der Waals surface area contributed by atoms with Crippen molar-refractivity contribution >= 4 is 33.1 Å². The maximum absolute atomic E-state index is 11.1. The fourth-order valence-corrected chi connectivity index (χ4v) is 3.43. The summed E-state index contributed by atoms with van der Waals surface area (Å²) in [7, 11) is 2.99. The van der Waals surface area contributed by atoms with E-state index in [0.717, 1.165) is 37.7 Å². The zero-order valence-electron chi connectivity index (χ0n) is 14.4. The Kier molecular flexibility index (Phi) is 5.40. The molecular formula is C16H18BrN5O4. The van der Waals surface area contributed by atoms with E-state index >= 15 is 0 Å². The average molecular weight is 424 g/mol. The first-order chi connectivity index (χ1) is 12.5. The first-order valence-electron chi connectivity index (χ1n) is 7.91. The highest BCUT2D eigenvalue weighted by Crippen LogP contribution is 2.38. The number of ether oxygens (including phenoxy) is 2. The van der Waals surface area contributed by atoms with Crippen LogP contribution in [0.15, 0.2) is 29.0 Å². The van der Waals surface area contributed by atoms with E-state index < -0.39 is 4.92 Å². The van der Waals surface area contributed by atoms with Crippen molar-refractivity contribution in [1.82, 2.24) is 9.97 Å². The van der Waals surface area contributed by atoms with E-state index in [-0.39, 0.29) is 11.4 Å². The Bertz CT molecular complexity index is 811. The fourth-order valence-electron chi connectivity index (χ4n) is 2.85. The molecule has 138 valence electrons. The Balaban J connectivity index is 1.76. The summed E-state index contributed by atoms with van der Waals surface area (Å²) in [5.41, 5.74) is 0.803. The molecule has 3 rings (SSSR count). The SMILES string of the molecule is COc1cncc(N2CCN(c3cc(OC)c([N+](=O)[O-])cc3Br)CC2)n1. The molecule has 0 N–H and O–H groups in total. The molecule has 1 aliphatic heterocycles. The molecule has 1 aromatic carbocycles. The van der Waals surface area contributed by atoms with Crippen molar-refractivity contribution in [3.05, 3.63) is 39.1 Å². The van der Waals surface area contributed by atoms with Gasteiger partial charge in [-0.1, -0.05) is 0 Å². The van der Waals surface area contributed by atoms with Crippen LogP contribution in [0.3, 0.4) is 0 Å². The second kappa shape index (κ2) is 7.73. The van der Waals surface area contributed by atoms with Gasteiger partial charge >= 0.3 is 5.69 Å². The summed E-state index contributed by atoms with van der Waals surface area (Å²) in [4.78, 5) is 23.5. The van der Waals surface area contributed by atoms with Gasteiger partial charge in [0.2, 0.25) is 5.88 Å². The largest absolute Gasteiger partial charge is 0.490 e. The molecule has 10 heteroatoms. The summed E-state index contributed by atoms with van der Waals surface area (Å²) in [6.07, 6.45) is 3.28. The number of hydrogen-bond donors (Lipinski definition) is 0. The lowest BCUT2D eigenvalue weighted by atomic mass is 10.2. The monoisotopic (exact) mass is 423 g/mol. The number of halogens is 1. The van der Waals surface area contributed by atoms with E-state index in [9.17, 15) is 10.1 Å². The number of nitrogens with zero attached hydrogens (tertiary/aromatic N) is 5. The van der Waals surface area contributed by atoms with Crippen LogP contribution in [0.2, 0.25) is 0 Å². The molecule has 1 fully saturated rings. The maximum Gasteiger partial charge on any atom is 0.312 e. The molecule has 1 aliphatic rings. The molecule has 2 aromatic rings. The van der Waals surface area contributed by atoms with E-state index in [2.05, 4.69) is 35.7 Å². The van der Waals surface area contributed by atoms with E-state index in [1.807, 2.05) is 0 Å². The van der Waals surface area contributed by atoms with Gasteiger partial charge in [0.1, 0.15) is 0 Å². The Labute approximate surface area is 158 Å². The zero-order valence-corrected chi connectivity index (χ0v) is 16.0. The Morgan fingerprint density at radius 1 is 1.12 bits per heavy atom. The molecule has 1 aromatic heterocycles. The van der Waals surface area contributed by atoms with Crippen molar-refractivity contribution in [2.45, 2.75) is 0 Å². The minimum atomic E-state index is -0.452. The number of hydrogen-bond acceptors (Lipinski definition) is 8. The van der Waals surface area contributed by atoms with Crippen molar-refractivity contribution in [3.63, 3.8) is 0 Å². The van der Waals surface area contributed by atoms with Crippen molar-refractivity contribution in [2.75, 3.05) is 50.2 Å². The highest BCUT2D eigenvalue weighted by Gasteiger charge is 2.24. The van der Waals surface area contributed by atoms with Gasteiger partial charge in [-0.2, -0.15) is 4.98 Å². The first kappa shape index (κ1) is 18.2. The molecule has 1 saturated heterocycles. The van der Waals surface area contributed by atoms with Crippen LogP contribution in [0.5, 0.6) is 11.6 Å². The molecule has 9 nitrogen and oxygen atoms in total. The topological polar surface area (TPSA) is 93.9 Å². The molecule has 26 heavy (non-hydrogen) atoms. The van der Waals surface area contributed by atoms with Crippen molar-refractivity contribution in [1.29, 1.82) is 0 Å². The number of anilines is 2. The summed E-state index contributed by atoms with van der Waals surface area (Å²) in [5, 5.41) is 11.1. The van der Waals surface area contributed by atoms with Gasteiger partial charge in [-0.05, 0) is 15.9 Å². The standard InChI is InChI=1S/C16H18BrN5O4/c1-25-14-8-12(11(17)7-13(14)22(23)24)20-3-5-21(6-4-20)15-9-18-10-16(19-15)26-2/h7-10H,3-6H2,1-2H3. The van der Waals surface area contributed by atoms with Crippen LogP contribution >= 0.6 is 15.9 Å². The van der Waals surface area contributed by atoms with Crippen molar-refractivity contribution in [3.8, 4) is 11.6 Å². The van der Waals surface area contributed by atoms with Gasteiger partial charge < -0.3 is 19.3 Å². The second-order valence-electron chi connectivity index (χ2n) is 5.63. The molecule has 0 atom stereocenters. The smallest absolute Gasteiger partial charge is 0.312 e. The van der Waals surface area contributed by atoms with E-state index in [1.54, 1.807) is 25.6 Å². The Morgan fingerprint density at radius 2 is 1.81 bits per heavy atom. The number of rotatable bonds is 5. The van der Waals surface area contributed by atoms with E-state index in [0.29, 0.717) is 10.4 Å². The molecule has 0 aliphatic carbocycles. The van der Waals surface area contributed by atoms with Crippen LogP contribution in [0.25, 0.3) is 0 Å². The highest BCUT2D eigenvalue weighted by molar-refractivity contribution is 9.10. The number of nitro groups is 1. The third-order valence-corrected chi connectivity index (χ3v) is 4.83. The van der Waals surface area contributed by atoms with Crippen LogP contribution < -0.4 is 19.3 Å². The minimum absolute atomic E-state index is 0.0617. The summed E-state index contributed by atoms with van der Waals surface area (Å²) >= 11 is 3.44. The van der Waals surface area contributed by atoms with Crippen molar-refractivity contribution < 1.29 is 14.4 Å². The number of aromatic nitrogens is 2. The minimum Gasteiger partial charge on any atom is -0.490 e. The van der Waals surface area contributed by atoms with Crippen molar-refractivity contribution in [2.24, 2.45) is 0 Å². The van der Waals surface area contributed by atoms with Gasteiger partial charge in [0.15, 0.2) is 11.6 Å². The van der Waals surface area contributed by atoms with Gasteiger partial charge in [-0.3, -0.25) is 15.1 Å². The van der Waals surface area contributed by atoms with Gasteiger partial charge in [-0.15, -0.1) is 0 Å². The summed E-state index contributed by atoms with van der Waals surface area (Å²) in [5.74, 6) is 1.49. The zero-order chi connectivity index (χ0) is 18.7. The second-order valence-corrected chi connectivity index (χ2v) is 6.48. The molecule has 2 heterocycles. The predicted octanol–water partition coefficient (Wildman–Crippen LogP) is 2.49. The van der Waals surface area contributed by atoms with E-state index in [1.165, 1.54) is 13.2 Å². The van der Waals surface area contributed by atoms with Crippen LogP contribution in [-0.4, -0.2) is 55.3 Å². The number of methoxy groups -OCH3 is 2. The van der Waals surface area contributed by atoms with E-state index in [4.69, 9.17) is 9.47 Å². The molecule has 0 amide bonds. The quantitative estimate of drug-likeness (QED) is 0.534. The molecule has 0 bridgehead atoms. The van der Waals surface area contributed by atoms with Gasteiger partial charge in [0.25, 0.3) is 0 Å². The average Bonchev–Trinajstić information content (AvgIpc) is 2.68. The van der Waals surface area contributed by atoms with Crippen LogP contribution in [0.1, 0.15) is 0 Å². The third kappa shape index (κ3) is 3.64. The molecule has 0 unspecified atom stereocenters. The Hall–Kier alpha value is -2.62. The van der Waals surface area contributed by atoms with Crippen LogP contribution in [0.4, 0.5) is 17.2 Å². The first-order valence-corrected chi connectivity index (χ1v) is 8.70. The molecule has 0 saturated carbocycles. The number of nitro benzene ring substituents is 1.